The molecule has 20 heavy (non-hydrogen) atoms. The first kappa shape index (κ1) is 12.4. The van der Waals surface area contributed by atoms with Crippen LogP contribution < -0.4 is 0 Å². The normalized spacial score (nSPS) is 10.8. The molecule has 0 atom stereocenters. The van der Waals surface area contributed by atoms with Crippen LogP contribution >= 0.6 is 11.6 Å². The first-order valence-electron chi connectivity index (χ1n) is 5.68. The number of imidazole rings is 1. The molecule has 0 fully saturated rings. The molecule has 6 nitrogen and oxygen atoms in total. The molecule has 0 aliphatic heterocycles. The Hall–Kier alpha value is -2.60. The van der Waals surface area contributed by atoms with E-state index in [2.05, 4.69) is 9.97 Å². The van der Waals surface area contributed by atoms with Crippen molar-refractivity contribution < 1.29 is 10.0 Å². The molecule has 0 unspecified atom stereocenters. The molecule has 3 rings (SSSR count). The van der Waals surface area contributed by atoms with Gasteiger partial charge in [0.15, 0.2) is 5.75 Å². The minimum Gasteiger partial charge on any atom is -0.502 e. The number of phenols is 1. The highest BCUT2D eigenvalue weighted by Crippen LogP contribution is 2.31. The third kappa shape index (κ3) is 1.96. The van der Waals surface area contributed by atoms with Crippen molar-refractivity contribution in [2.45, 2.75) is 0 Å². The number of nitro benzene ring substituents is 1. The van der Waals surface area contributed by atoms with Crippen molar-refractivity contribution in [3.8, 4) is 17.1 Å². The van der Waals surface area contributed by atoms with Crippen LogP contribution in [0.15, 0.2) is 36.4 Å². The van der Waals surface area contributed by atoms with Crippen LogP contribution in [0.1, 0.15) is 0 Å². The van der Waals surface area contributed by atoms with Gasteiger partial charge >= 0.3 is 5.69 Å². The summed E-state index contributed by atoms with van der Waals surface area (Å²) in [6.07, 6.45) is 0. The van der Waals surface area contributed by atoms with Gasteiger partial charge in [-0.05, 0) is 24.3 Å². The second-order valence-electron chi connectivity index (χ2n) is 4.18. The van der Waals surface area contributed by atoms with Crippen LogP contribution in [-0.4, -0.2) is 20.0 Å². The van der Waals surface area contributed by atoms with Gasteiger partial charge in [0.2, 0.25) is 0 Å². The minimum atomic E-state index is -0.644. The van der Waals surface area contributed by atoms with Crippen LogP contribution in [0, 0.1) is 10.1 Å². The topological polar surface area (TPSA) is 92.0 Å². The summed E-state index contributed by atoms with van der Waals surface area (Å²) in [6.45, 7) is 0. The lowest BCUT2D eigenvalue weighted by Crippen LogP contribution is -1.90. The second-order valence-corrected chi connectivity index (χ2v) is 4.59. The van der Waals surface area contributed by atoms with Gasteiger partial charge in [0, 0.05) is 11.6 Å². The molecule has 7 heteroatoms. The highest BCUT2D eigenvalue weighted by molar-refractivity contribution is 6.35. The van der Waals surface area contributed by atoms with Gasteiger partial charge in [-0.25, -0.2) is 4.98 Å². The zero-order chi connectivity index (χ0) is 14.3. The fourth-order valence-electron chi connectivity index (χ4n) is 1.95. The average Bonchev–Trinajstić information content (AvgIpc) is 2.84. The zero-order valence-corrected chi connectivity index (χ0v) is 10.8. The van der Waals surface area contributed by atoms with Gasteiger partial charge < -0.3 is 10.1 Å². The van der Waals surface area contributed by atoms with Gasteiger partial charge in [-0.2, -0.15) is 0 Å². The molecule has 0 saturated heterocycles. The van der Waals surface area contributed by atoms with Crippen LogP contribution in [0.5, 0.6) is 5.75 Å². The van der Waals surface area contributed by atoms with E-state index in [-0.39, 0.29) is 11.4 Å². The molecule has 0 bridgehead atoms. The number of aromatic hydroxyl groups is 1. The highest BCUT2D eigenvalue weighted by atomic mass is 35.5. The molecule has 0 spiro atoms. The minimum absolute atomic E-state index is 0.367. The molecular weight excluding hydrogens is 282 g/mol. The third-order valence-corrected chi connectivity index (χ3v) is 3.21. The molecule has 0 aliphatic carbocycles. The molecule has 100 valence electrons. The molecule has 1 heterocycles. The Morgan fingerprint density at radius 3 is 2.80 bits per heavy atom. The Morgan fingerprint density at radius 2 is 2.10 bits per heavy atom. The van der Waals surface area contributed by atoms with E-state index in [1.807, 2.05) is 6.07 Å². The number of hydrogen-bond acceptors (Lipinski definition) is 4. The summed E-state index contributed by atoms with van der Waals surface area (Å²) < 4.78 is 0. The Labute approximate surface area is 117 Å². The summed E-state index contributed by atoms with van der Waals surface area (Å²) in [6, 6.07) is 9.39. The standard InChI is InChI=1S/C13H8ClN3O3/c14-8-2-1-3-9-12(8)16-13(15-9)7-4-5-11(18)10(6-7)17(19)20/h1-6,18H,(H,15,16). The predicted octanol–water partition coefficient (Wildman–Crippen LogP) is 3.50. The van der Waals surface area contributed by atoms with Gasteiger partial charge in [0.25, 0.3) is 0 Å². The Balaban J connectivity index is 2.18. The number of nitro groups is 1. The number of H-pyrrole nitrogens is 1. The molecule has 3 aromatic rings. The number of aromatic amines is 1. The number of benzene rings is 2. The number of nitrogens with one attached hydrogen (secondary N) is 1. The Kier molecular flexibility index (Phi) is 2.80. The first-order valence-corrected chi connectivity index (χ1v) is 6.06. The van der Waals surface area contributed by atoms with Crippen molar-refractivity contribution >= 4 is 28.3 Å². The number of phenolic OH excluding ortho intramolecular Hbond substituents is 1. The van der Waals surface area contributed by atoms with E-state index in [9.17, 15) is 15.2 Å². The van der Waals surface area contributed by atoms with E-state index in [0.29, 0.717) is 21.9 Å². The summed E-state index contributed by atoms with van der Waals surface area (Å²) in [4.78, 5) is 17.5. The smallest absolute Gasteiger partial charge is 0.311 e. The summed E-state index contributed by atoms with van der Waals surface area (Å²) in [5, 5.41) is 20.8. The van der Waals surface area contributed by atoms with Gasteiger partial charge in [-0.15, -0.1) is 0 Å². The largest absolute Gasteiger partial charge is 0.502 e. The first-order chi connectivity index (χ1) is 9.56. The summed E-state index contributed by atoms with van der Waals surface area (Å²) >= 11 is 6.03. The summed E-state index contributed by atoms with van der Waals surface area (Å²) in [5.41, 5.74) is 1.47. The van der Waals surface area contributed by atoms with Gasteiger partial charge in [-0.3, -0.25) is 10.1 Å². The van der Waals surface area contributed by atoms with Crippen molar-refractivity contribution in [3.05, 3.63) is 51.5 Å². The van der Waals surface area contributed by atoms with Crippen molar-refractivity contribution in [2.75, 3.05) is 0 Å². The number of aromatic nitrogens is 2. The summed E-state index contributed by atoms with van der Waals surface area (Å²) in [7, 11) is 0. The maximum absolute atomic E-state index is 10.8. The lowest BCUT2D eigenvalue weighted by atomic mass is 10.2. The maximum atomic E-state index is 10.8. The molecule has 2 aromatic carbocycles. The van der Waals surface area contributed by atoms with Crippen molar-refractivity contribution in [3.63, 3.8) is 0 Å². The molecule has 0 aliphatic rings. The number of halogens is 1. The molecule has 0 radical (unpaired) electrons. The number of fused-ring (bicyclic) bond motifs is 1. The number of hydrogen-bond donors (Lipinski definition) is 2. The van der Waals surface area contributed by atoms with Gasteiger partial charge in [0.1, 0.15) is 11.3 Å². The van der Waals surface area contributed by atoms with Crippen LogP contribution in [0.2, 0.25) is 5.02 Å². The monoisotopic (exact) mass is 289 g/mol. The van der Waals surface area contributed by atoms with Crippen molar-refractivity contribution in [1.29, 1.82) is 0 Å². The fraction of sp³-hybridized carbons (Fsp3) is 0. The van der Waals surface area contributed by atoms with Gasteiger partial charge in [-0.1, -0.05) is 17.7 Å². The van der Waals surface area contributed by atoms with Crippen LogP contribution in [0.4, 0.5) is 5.69 Å². The lowest BCUT2D eigenvalue weighted by molar-refractivity contribution is -0.385. The Morgan fingerprint density at radius 1 is 1.30 bits per heavy atom. The van der Waals surface area contributed by atoms with Crippen molar-refractivity contribution in [2.24, 2.45) is 0 Å². The van der Waals surface area contributed by atoms with Gasteiger partial charge in [0.05, 0.1) is 15.5 Å². The SMILES string of the molecule is O=[N+]([O-])c1cc(-c2nc3c(Cl)cccc3[nH]2)ccc1O. The van der Waals surface area contributed by atoms with E-state index in [1.165, 1.54) is 12.1 Å². The Bertz CT molecular complexity index is 829. The zero-order valence-electron chi connectivity index (χ0n) is 10.0. The molecule has 0 saturated carbocycles. The van der Waals surface area contributed by atoms with E-state index in [4.69, 9.17) is 11.6 Å². The maximum Gasteiger partial charge on any atom is 0.311 e. The number of para-hydroxylation sites is 1. The summed E-state index contributed by atoms with van der Waals surface area (Å²) in [5.74, 6) is 0.0732. The number of nitrogens with zero attached hydrogens (tertiary/aromatic N) is 2. The van der Waals surface area contributed by atoms with Crippen LogP contribution in [0.25, 0.3) is 22.4 Å². The molecule has 1 aromatic heterocycles. The predicted molar refractivity (Wildman–Crippen MR) is 74.9 cm³/mol. The fourth-order valence-corrected chi connectivity index (χ4v) is 2.17. The highest BCUT2D eigenvalue weighted by Gasteiger charge is 2.16. The van der Waals surface area contributed by atoms with Crippen molar-refractivity contribution in [1.82, 2.24) is 9.97 Å². The lowest BCUT2D eigenvalue weighted by Gasteiger charge is -1.99. The molecular formula is C13H8ClN3O3. The average molecular weight is 290 g/mol. The molecule has 2 N–H and O–H groups in total. The molecule has 0 amide bonds. The quantitative estimate of drug-likeness (QED) is 0.558. The third-order valence-electron chi connectivity index (χ3n) is 2.91. The second kappa shape index (κ2) is 4.50. The van der Waals surface area contributed by atoms with E-state index >= 15 is 0 Å². The van der Waals surface area contributed by atoms with E-state index in [1.54, 1.807) is 18.2 Å². The number of rotatable bonds is 2. The van der Waals surface area contributed by atoms with E-state index in [0.717, 1.165) is 5.52 Å². The van der Waals surface area contributed by atoms with E-state index < -0.39 is 4.92 Å². The van der Waals surface area contributed by atoms with Crippen LogP contribution in [0.3, 0.4) is 0 Å². The van der Waals surface area contributed by atoms with Crippen LogP contribution in [-0.2, 0) is 0 Å².